The number of nitrogens with zero attached hydrogens (tertiary/aromatic N) is 2. The van der Waals surface area contributed by atoms with Crippen molar-refractivity contribution in [2.75, 3.05) is 18.1 Å². The van der Waals surface area contributed by atoms with Crippen molar-refractivity contribution in [1.82, 2.24) is 4.57 Å². The molecular formula is C18H22N2O3. The molecule has 0 fully saturated rings. The van der Waals surface area contributed by atoms with E-state index in [4.69, 9.17) is 4.74 Å². The smallest absolute Gasteiger partial charge is 0.293 e. The summed E-state index contributed by atoms with van der Waals surface area (Å²) < 4.78 is 6.67. The molecule has 0 aliphatic rings. The van der Waals surface area contributed by atoms with Gasteiger partial charge in [0.1, 0.15) is 6.54 Å². The quantitative estimate of drug-likeness (QED) is 0.823. The minimum absolute atomic E-state index is 0.0124. The molecule has 0 N–H and O–H groups in total. The summed E-state index contributed by atoms with van der Waals surface area (Å²) in [6.07, 6.45) is 1.60. The molecule has 1 aromatic carbocycles. The van der Waals surface area contributed by atoms with Crippen LogP contribution in [0.5, 0.6) is 5.75 Å². The van der Waals surface area contributed by atoms with Crippen molar-refractivity contribution in [1.29, 1.82) is 0 Å². The number of hydrogen-bond donors (Lipinski definition) is 0. The largest absolute Gasteiger partial charge is 0.488 e. The standard InChI is InChI=1S/C18H22N2O3/c1-4-20(15-9-6-8-14(3)12-15)17(21)13-19-11-7-10-16(18(19)22)23-5-2/h6-12H,4-5,13H2,1-3H3. The molecule has 0 bridgehead atoms. The second-order valence-corrected chi connectivity index (χ2v) is 5.22. The van der Waals surface area contributed by atoms with Crippen molar-refractivity contribution in [3.8, 4) is 5.75 Å². The van der Waals surface area contributed by atoms with Crippen molar-refractivity contribution in [3.63, 3.8) is 0 Å². The summed E-state index contributed by atoms with van der Waals surface area (Å²) in [4.78, 5) is 26.5. The molecule has 0 radical (unpaired) electrons. The van der Waals surface area contributed by atoms with Crippen LogP contribution in [0, 0.1) is 6.92 Å². The first-order valence-corrected chi connectivity index (χ1v) is 7.76. The average molecular weight is 314 g/mol. The van der Waals surface area contributed by atoms with E-state index in [0.29, 0.717) is 13.2 Å². The van der Waals surface area contributed by atoms with Gasteiger partial charge in [0.15, 0.2) is 5.75 Å². The summed E-state index contributed by atoms with van der Waals surface area (Å²) in [5.41, 5.74) is 1.64. The fourth-order valence-corrected chi connectivity index (χ4v) is 2.43. The molecule has 23 heavy (non-hydrogen) atoms. The van der Waals surface area contributed by atoms with E-state index < -0.39 is 0 Å². The number of likely N-dealkylation sites (N-methyl/N-ethyl adjacent to an activating group) is 1. The number of aromatic nitrogens is 1. The maximum Gasteiger partial charge on any atom is 0.293 e. The van der Waals surface area contributed by atoms with Crippen LogP contribution in [-0.4, -0.2) is 23.6 Å². The third-order valence-electron chi connectivity index (χ3n) is 3.52. The number of carbonyl (C=O) groups excluding carboxylic acids is 1. The Morgan fingerprint density at radius 2 is 2.00 bits per heavy atom. The van der Waals surface area contributed by atoms with Crippen molar-refractivity contribution in [3.05, 3.63) is 58.5 Å². The van der Waals surface area contributed by atoms with Gasteiger partial charge in [0.05, 0.1) is 6.61 Å². The maximum absolute atomic E-state index is 12.6. The van der Waals surface area contributed by atoms with Crippen LogP contribution in [0.1, 0.15) is 19.4 Å². The number of carbonyl (C=O) groups is 1. The normalized spacial score (nSPS) is 10.4. The highest BCUT2D eigenvalue weighted by Crippen LogP contribution is 2.16. The SMILES string of the molecule is CCOc1cccn(CC(=O)N(CC)c2cccc(C)c2)c1=O. The molecule has 0 spiro atoms. The highest BCUT2D eigenvalue weighted by molar-refractivity contribution is 5.93. The maximum atomic E-state index is 12.6. The molecular weight excluding hydrogens is 292 g/mol. The van der Waals surface area contributed by atoms with Gasteiger partial charge < -0.3 is 14.2 Å². The third kappa shape index (κ3) is 4.00. The molecule has 0 aliphatic heterocycles. The molecule has 1 aromatic heterocycles. The van der Waals surface area contributed by atoms with Crippen LogP contribution in [0.4, 0.5) is 5.69 Å². The average Bonchev–Trinajstić information content (AvgIpc) is 2.52. The van der Waals surface area contributed by atoms with Crippen LogP contribution in [0.15, 0.2) is 47.4 Å². The molecule has 0 atom stereocenters. The number of ether oxygens (including phenoxy) is 1. The lowest BCUT2D eigenvalue weighted by atomic mass is 10.2. The van der Waals surface area contributed by atoms with E-state index in [1.54, 1.807) is 23.2 Å². The molecule has 0 unspecified atom stereocenters. The fraction of sp³-hybridized carbons (Fsp3) is 0.333. The lowest BCUT2D eigenvalue weighted by Crippen LogP contribution is -2.36. The number of anilines is 1. The van der Waals surface area contributed by atoms with Crippen molar-refractivity contribution < 1.29 is 9.53 Å². The number of benzene rings is 1. The summed E-state index contributed by atoms with van der Waals surface area (Å²) in [5.74, 6) is 0.134. The second-order valence-electron chi connectivity index (χ2n) is 5.22. The first-order valence-electron chi connectivity index (χ1n) is 7.76. The Balaban J connectivity index is 2.24. The first-order chi connectivity index (χ1) is 11.1. The first kappa shape index (κ1) is 16.8. The summed E-state index contributed by atoms with van der Waals surface area (Å²) in [6, 6.07) is 11.1. The summed E-state index contributed by atoms with van der Waals surface area (Å²) in [7, 11) is 0. The van der Waals surface area contributed by atoms with E-state index in [-0.39, 0.29) is 23.8 Å². The fourth-order valence-electron chi connectivity index (χ4n) is 2.43. The zero-order chi connectivity index (χ0) is 16.8. The van der Waals surface area contributed by atoms with Crippen LogP contribution in [-0.2, 0) is 11.3 Å². The van der Waals surface area contributed by atoms with E-state index in [2.05, 4.69) is 0 Å². The molecule has 0 saturated carbocycles. The van der Waals surface area contributed by atoms with Gasteiger partial charge in [-0.05, 0) is 50.6 Å². The number of amides is 1. The minimum Gasteiger partial charge on any atom is -0.488 e. The predicted octanol–water partition coefficient (Wildman–Crippen LogP) is 2.61. The van der Waals surface area contributed by atoms with Gasteiger partial charge in [0.2, 0.25) is 5.91 Å². The second kappa shape index (κ2) is 7.63. The van der Waals surface area contributed by atoms with Crippen LogP contribution < -0.4 is 15.2 Å². The minimum atomic E-state index is -0.289. The molecule has 1 amide bonds. The number of rotatable bonds is 6. The predicted molar refractivity (Wildman–Crippen MR) is 91.1 cm³/mol. The van der Waals surface area contributed by atoms with E-state index in [1.165, 1.54) is 4.57 Å². The Morgan fingerprint density at radius 3 is 2.65 bits per heavy atom. The highest BCUT2D eigenvalue weighted by atomic mass is 16.5. The Labute approximate surface area is 136 Å². The topological polar surface area (TPSA) is 51.5 Å². The zero-order valence-corrected chi connectivity index (χ0v) is 13.8. The number of pyridine rings is 1. The molecule has 5 nitrogen and oxygen atoms in total. The molecule has 1 heterocycles. The van der Waals surface area contributed by atoms with Crippen molar-refractivity contribution in [2.24, 2.45) is 0 Å². The number of hydrogen-bond acceptors (Lipinski definition) is 3. The van der Waals surface area contributed by atoms with Crippen LogP contribution in [0.3, 0.4) is 0 Å². The van der Waals surface area contributed by atoms with Crippen LogP contribution >= 0.6 is 0 Å². The molecule has 5 heteroatoms. The molecule has 2 aromatic rings. The van der Waals surface area contributed by atoms with E-state index in [0.717, 1.165) is 11.3 Å². The summed E-state index contributed by atoms with van der Waals surface area (Å²) in [6.45, 7) is 6.66. The lowest BCUT2D eigenvalue weighted by molar-refractivity contribution is -0.119. The van der Waals surface area contributed by atoms with Gasteiger partial charge in [-0.15, -0.1) is 0 Å². The molecule has 0 aliphatic carbocycles. The van der Waals surface area contributed by atoms with E-state index >= 15 is 0 Å². The lowest BCUT2D eigenvalue weighted by Gasteiger charge is -2.22. The number of aryl methyl sites for hydroxylation is 1. The molecule has 2 rings (SSSR count). The monoisotopic (exact) mass is 314 g/mol. The van der Waals surface area contributed by atoms with Gasteiger partial charge in [-0.25, -0.2) is 0 Å². The van der Waals surface area contributed by atoms with Crippen molar-refractivity contribution in [2.45, 2.75) is 27.3 Å². The zero-order valence-electron chi connectivity index (χ0n) is 13.8. The van der Waals surface area contributed by atoms with Gasteiger partial charge in [0.25, 0.3) is 5.56 Å². The Hall–Kier alpha value is -2.56. The Kier molecular flexibility index (Phi) is 5.57. The third-order valence-corrected chi connectivity index (χ3v) is 3.52. The summed E-state index contributed by atoms with van der Waals surface area (Å²) in [5, 5.41) is 0. The van der Waals surface area contributed by atoms with Gasteiger partial charge in [-0.3, -0.25) is 9.59 Å². The Bertz CT molecular complexity index is 737. The van der Waals surface area contributed by atoms with Crippen molar-refractivity contribution >= 4 is 11.6 Å². The van der Waals surface area contributed by atoms with Gasteiger partial charge in [-0.2, -0.15) is 0 Å². The van der Waals surface area contributed by atoms with E-state index in [1.807, 2.05) is 45.0 Å². The summed E-state index contributed by atoms with van der Waals surface area (Å²) >= 11 is 0. The molecule has 0 saturated heterocycles. The molecule has 122 valence electrons. The van der Waals surface area contributed by atoms with Gasteiger partial charge >= 0.3 is 0 Å². The van der Waals surface area contributed by atoms with Crippen LogP contribution in [0.2, 0.25) is 0 Å². The Morgan fingerprint density at radius 1 is 1.22 bits per heavy atom. The highest BCUT2D eigenvalue weighted by Gasteiger charge is 2.16. The van der Waals surface area contributed by atoms with Gasteiger partial charge in [0, 0.05) is 18.4 Å². The van der Waals surface area contributed by atoms with Gasteiger partial charge in [-0.1, -0.05) is 12.1 Å². The van der Waals surface area contributed by atoms with E-state index in [9.17, 15) is 9.59 Å². The van der Waals surface area contributed by atoms with Crippen LogP contribution in [0.25, 0.3) is 0 Å².